The van der Waals surface area contributed by atoms with Gasteiger partial charge in [-0.05, 0) is 67.8 Å². The predicted octanol–water partition coefficient (Wildman–Crippen LogP) is 3.83. The van der Waals surface area contributed by atoms with E-state index in [0.717, 1.165) is 44.1 Å². The number of alkyl halides is 1. The molecule has 0 spiro atoms. The molecular formula is C19H27FO2. The number of carbonyl (C=O) groups excluding carboxylic acids is 1. The molecule has 3 heteroatoms. The summed E-state index contributed by atoms with van der Waals surface area (Å²) >= 11 is 0. The number of ketones is 1. The predicted molar refractivity (Wildman–Crippen MR) is 83.0 cm³/mol. The molecule has 4 aliphatic rings. The maximum atomic E-state index is 14.9. The minimum atomic E-state index is -1.02. The summed E-state index contributed by atoms with van der Waals surface area (Å²) in [5.41, 5.74) is 0.667. The van der Waals surface area contributed by atoms with Crippen LogP contribution in [0.2, 0.25) is 0 Å². The number of allylic oxidation sites excluding steroid dienone is 1. The molecule has 0 saturated heterocycles. The van der Waals surface area contributed by atoms with Crippen molar-refractivity contribution in [2.45, 2.75) is 71.1 Å². The summed E-state index contributed by atoms with van der Waals surface area (Å²) in [6.45, 7) is 4.32. The number of fused-ring (bicyclic) bond motifs is 5. The third kappa shape index (κ3) is 1.72. The average molecular weight is 306 g/mol. The van der Waals surface area contributed by atoms with Crippen LogP contribution in [0.25, 0.3) is 0 Å². The second-order valence-corrected chi connectivity index (χ2v) is 8.64. The van der Waals surface area contributed by atoms with Crippen LogP contribution < -0.4 is 0 Å². The summed E-state index contributed by atoms with van der Waals surface area (Å²) in [5, 5.41) is 10.4. The lowest BCUT2D eigenvalue weighted by atomic mass is 9.47. The Morgan fingerprint density at radius 2 is 1.95 bits per heavy atom. The average Bonchev–Trinajstić information content (AvgIpc) is 2.77. The van der Waals surface area contributed by atoms with Crippen molar-refractivity contribution >= 4 is 5.78 Å². The summed E-state index contributed by atoms with van der Waals surface area (Å²) in [5.74, 6) is 1.36. The first-order valence-corrected chi connectivity index (χ1v) is 8.93. The zero-order valence-electron chi connectivity index (χ0n) is 13.6. The highest BCUT2D eigenvalue weighted by Crippen LogP contribution is 2.65. The quantitative estimate of drug-likeness (QED) is 0.738. The highest BCUT2D eigenvalue weighted by atomic mass is 19.1. The summed E-state index contributed by atoms with van der Waals surface area (Å²) < 4.78 is 14.9. The van der Waals surface area contributed by atoms with Crippen molar-refractivity contribution in [2.24, 2.45) is 28.6 Å². The van der Waals surface area contributed by atoms with Crippen molar-refractivity contribution in [2.75, 3.05) is 0 Å². The van der Waals surface area contributed by atoms with Crippen molar-refractivity contribution in [3.8, 4) is 0 Å². The van der Waals surface area contributed by atoms with Gasteiger partial charge in [-0.2, -0.15) is 0 Å². The highest BCUT2D eigenvalue weighted by molar-refractivity contribution is 5.92. The van der Waals surface area contributed by atoms with Gasteiger partial charge >= 0.3 is 0 Å². The van der Waals surface area contributed by atoms with Crippen molar-refractivity contribution in [3.05, 3.63) is 11.6 Å². The summed E-state index contributed by atoms with van der Waals surface area (Å²) in [6, 6.07) is 0. The molecular weight excluding hydrogens is 279 g/mol. The molecule has 4 rings (SSSR count). The molecule has 0 aromatic carbocycles. The first-order chi connectivity index (χ1) is 10.4. The summed E-state index contributed by atoms with van der Waals surface area (Å²) in [6.07, 6.45) is 6.54. The fraction of sp³-hybridized carbons (Fsp3) is 0.842. The van der Waals surface area contributed by atoms with Gasteiger partial charge in [0.15, 0.2) is 5.78 Å². The second-order valence-electron chi connectivity index (χ2n) is 8.64. The van der Waals surface area contributed by atoms with Crippen LogP contribution in [-0.2, 0) is 4.79 Å². The van der Waals surface area contributed by atoms with E-state index < -0.39 is 11.6 Å². The van der Waals surface area contributed by atoms with Crippen LogP contribution in [0.3, 0.4) is 0 Å². The van der Waals surface area contributed by atoms with Crippen LogP contribution in [0.5, 0.6) is 0 Å². The third-order valence-corrected chi connectivity index (χ3v) is 7.96. The maximum absolute atomic E-state index is 14.9. The molecule has 22 heavy (non-hydrogen) atoms. The van der Waals surface area contributed by atoms with E-state index in [0.29, 0.717) is 17.8 Å². The third-order valence-electron chi connectivity index (χ3n) is 7.96. The van der Waals surface area contributed by atoms with Crippen LogP contribution in [0.1, 0.15) is 58.8 Å². The van der Waals surface area contributed by atoms with Crippen molar-refractivity contribution in [3.63, 3.8) is 0 Å². The minimum absolute atomic E-state index is 0.0321. The van der Waals surface area contributed by atoms with Gasteiger partial charge in [0.2, 0.25) is 0 Å². The zero-order valence-corrected chi connectivity index (χ0v) is 13.6. The minimum Gasteiger partial charge on any atom is -0.393 e. The molecule has 2 nitrogen and oxygen atoms in total. The summed E-state index contributed by atoms with van der Waals surface area (Å²) in [4.78, 5) is 11.8. The van der Waals surface area contributed by atoms with Gasteiger partial charge in [0, 0.05) is 11.8 Å². The van der Waals surface area contributed by atoms with Gasteiger partial charge in [-0.1, -0.05) is 19.4 Å². The number of rotatable bonds is 0. The van der Waals surface area contributed by atoms with Crippen molar-refractivity contribution in [1.82, 2.24) is 0 Å². The van der Waals surface area contributed by atoms with E-state index in [9.17, 15) is 14.3 Å². The molecule has 3 saturated carbocycles. The SMILES string of the molecule is C[C@]12CC[C@H]3[C@@H](CCC4=CC(=O)CC(F)[C@@]43C)[C@@H]1CC[C@@H]2O. The lowest BCUT2D eigenvalue weighted by Crippen LogP contribution is -2.54. The maximum Gasteiger partial charge on any atom is 0.158 e. The van der Waals surface area contributed by atoms with Crippen molar-refractivity contribution in [1.29, 1.82) is 0 Å². The van der Waals surface area contributed by atoms with Crippen LogP contribution in [0.15, 0.2) is 11.6 Å². The van der Waals surface area contributed by atoms with Gasteiger partial charge in [-0.25, -0.2) is 4.39 Å². The first kappa shape index (κ1) is 14.9. The molecule has 3 fully saturated rings. The lowest BCUT2D eigenvalue weighted by molar-refractivity contribution is -0.123. The molecule has 0 aromatic rings. The van der Waals surface area contributed by atoms with Gasteiger partial charge < -0.3 is 5.11 Å². The molecule has 122 valence electrons. The fourth-order valence-electron chi connectivity index (χ4n) is 6.54. The zero-order chi connectivity index (χ0) is 15.7. The molecule has 1 unspecified atom stereocenters. The number of aliphatic hydroxyl groups is 1. The largest absolute Gasteiger partial charge is 0.393 e. The molecule has 0 amide bonds. The van der Waals surface area contributed by atoms with E-state index in [-0.39, 0.29) is 23.7 Å². The van der Waals surface area contributed by atoms with E-state index in [1.54, 1.807) is 6.08 Å². The second kappa shape index (κ2) is 4.66. The van der Waals surface area contributed by atoms with Crippen LogP contribution in [0, 0.1) is 28.6 Å². The van der Waals surface area contributed by atoms with Crippen molar-refractivity contribution < 1.29 is 14.3 Å². The molecule has 0 radical (unpaired) electrons. The fourth-order valence-corrected chi connectivity index (χ4v) is 6.54. The molecule has 1 N–H and O–H groups in total. The van der Waals surface area contributed by atoms with E-state index in [1.165, 1.54) is 0 Å². The summed E-state index contributed by atoms with van der Waals surface area (Å²) in [7, 11) is 0. The van der Waals surface area contributed by atoms with Gasteiger partial charge in [-0.15, -0.1) is 0 Å². The molecule has 4 aliphatic carbocycles. The monoisotopic (exact) mass is 306 g/mol. The molecule has 0 aliphatic heterocycles. The van der Waals surface area contributed by atoms with E-state index in [4.69, 9.17) is 0 Å². The smallest absolute Gasteiger partial charge is 0.158 e. The Balaban J connectivity index is 1.72. The van der Waals surface area contributed by atoms with Gasteiger partial charge in [0.1, 0.15) is 6.17 Å². The van der Waals surface area contributed by atoms with E-state index in [1.807, 2.05) is 0 Å². The Hall–Kier alpha value is -0.700. The van der Waals surface area contributed by atoms with Crippen LogP contribution in [-0.4, -0.2) is 23.2 Å². The molecule has 7 atom stereocenters. The van der Waals surface area contributed by atoms with Crippen LogP contribution >= 0.6 is 0 Å². The topological polar surface area (TPSA) is 37.3 Å². The standard InChI is InChI=1S/C19H27FO2/c1-18-8-7-15-13(14(18)5-6-17(18)22)4-3-11-9-12(21)10-16(20)19(11,15)2/h9,13-17,22H,3-8,10H2,1-2H3/t13-,14-,15-,16?,17-,18-,19-/m0/s1. The molecule has 0 bridgehead atoms. The number of hydrogen-bond donors (Lipinski definition) is 1. The van der Waals surface area contributed by atoms with Gasteiger partial charge in [-0.3, -0.25) is 4.79 Å². The Morgan fingerprint density at radius 1 is 1.18 bits per heavy atom. The van der Waals surface area contributed by atoms with Gasteiger partial charge in [0.05, 0.1) is 6.10 Å². The van der Waals surface area contributed by atoms with Gasteiger partial charge in [0.25, 0.3) is 0 Å². The Kier molecular flexibility index (Phi) is 3.15. The Bertz CT molecular complexity index is 542. The Morgan fingerprint density at radius 3 is 2.73 bits per heavy atom. The number of hydrogen-bond acceptors (Lipinski definition) is 2. The molecule has 0 heterocycles. The molecule has 0 aromatic heterocycles. The van der Waals surface area contributed by atoms with Crippen LogP contribution in [0.4, 0.5) is 4.39 Å². The number of carbonyl (C=O) groups is 1. The Labute approximate surface area is 132 Å². The highest BCUT2D eigenvalue weighted by Gasteiger charge is 2.61. The normalized spacial score (nSPS) is 54.3. The number of aliphatic hydroxyl groups excluding tert-OH is 1. The van der Waals surface area contributed by atoms with E-state index >= 15 is 0 Å². The van der Waals surface area contributed by atoms with E-state index in [2.05, 4.69) is 13.8 Å². The number of halogens is 1. The first-order valence-electron chi connectivity index (χ1n) is 8.93. The lowest BCUT2D eigenvalue weighted by Gasteiger charge is -2.58.